The molecule has 1 aromatic rings. The van der Waals surface area contributed by atoms with Gasteiger partial charge >= 0.3 is 0 Å². The number of nitrogens with two attached hydrogens (primary N) is 1. The van der Waals surface area contributed by atoms with Crippen molar-refractivity contribution in [3.63, 3.8) is 0 Å². The van der Waals surface area contributed by atoms with Crippen LogP contribution in [0.4, 0.5) is 0 Å². The van der Waals surface area contributed by atoms with Gasteiger partial charge in [-0.2, -0.15) is 5.26 Å². The van der Waals surface area contributed by atoms with E-state index < -0.39 is 6.10 Å². The van der Waals surface area contributed by atoms with E-state index in [1.54, 1.807) is 17.2 Å². The number of nitrogens with zero attached hydrogens (tertiary/aromatic N) is 3. The monoisotopic (exact) mass is 270 g/mol. The fraction of sp³-hybridized carbons (Fsp3) is 0.357. The lowest BCUT2D eigenvalue weighted by atomic mass is 10.1. The Morgan fingerprint density at radius 1 is 1.65 bits per heavy atom. The van der Waals surface area contributed by atoms with Crippen molar-refractivity contribution in [1.29, 1.82) is 5.26 Å². The summed E-state index contributed by atoms with van der Waals surface area (Å²) in [4.78, 5) is 18.0. The van der Waals surface area contributed by atoms with Gasteiger partial charge in [0.25, 0.3) is 5.91 Å². The van der Waals surface area contributed by atoms with E-state index in [0.29, 0.717) is 24.3 Å². The van der Waals surface area contributed by atoms with E-state index in [2.05, 4.69) is 16.8 Å². The van der Waals surface area contributed by atoms with Gasteiger partial charge in [0.2, 0.25) is 0 Å². The summed E-state index contributed by atoms with van der Waals surface area (Å²) in [6.45, 7) is 1.31. The zero-order valence-corrected chi connectivity index (χ0v) is 10.9. The van der Waals surface area contributed by atoms with E-state index in [4.69, 9.17) is 15.7 Å². The van der Waals surface area contributed by atoms with E-state index in [-0.39, 0.29) is 19.0 Å². The van der Waals surface area contributed by atoms with Gasteiger partial charge in [-0.05, 0) is 6.07 Å². The van der Waals surface area contributed by atoms with Gasteiger partial charge in [0.05, 0.1) is 36.9 Å². The fourth-order valence-corrected chi connectivity index (χ4v) is 1.91. The highest BCUT2D eigenvalue weighted by molar-refractivity contribution is 5.96. The SMILES string of the molecule is N#CC1CN(C(=O)c2ccncc2C#CCN)CCO1. The molecule has 6 heteroatoms. The van der Waals surface area contributed by atoms with Gasteiger partial charge in [0.1, 0.15) is 0 Å². The van der Waals surface area contributed by atoms with E-state index in [0.717, 1.165) is 0 Å². The molecule has 2 heterocycles. The van der Waals surface area contributed by atoms with Crippen molar-refractivity contribution in [2.75, 3.05) is 26.2 Å². The quantitative estimate of drug-likeness (QED) is 0.711. The molecule has 2 rings (SSSR count). The molecule has 0 radical (unpaired) electrons. The van der Waals surface area contributed by atoms with Gasteiger partial charge in [-0.25, -0.2) is 0 Å². The summed E-state index contributed by atoms with van der Waals surface area (Å²) in [6.07, 6.45) is 2.51. The Morgan fingerprint density at radius 2 is 2.50 bits per heavy atom. The molecule has 1 fully saturated rings. The second-order valence-corrected chi connectivity index (χ2v) is 4.17. The van der Waals surface area contributed by atoms with Crippen LogP contribution in [0.15, 0.2) is 18.5 Å². The normalized spacial score (nSPS) is 17.8. The van der Waals surface area contributed by atoms with Crippen LogP contribution in [0.1, 0.15) is 15.9 Å². The zero-order chi connectivity index (χ0) is 14.4. The van der Waals surface area contributed by atoms with Crippen molar-refractivity contribution in [2.24, 2.45) is 5.73 Å². The van der Waals surface area contributed by atoms with E-state index >= 15 is 0 Å². The molecule has 20 heavy (non-hydrogen) atoms. The number of ether oxygens (including phenoxy) is 1. The van der Waals surface area contributed by atoms with Gasteiger partial charge in [-0.15, -0.1) is 0 Å². The van der Waals surface area contributed by atoms with Crippen molar-refractivity contribution in [2.45, 2.75) is 6.10 Å². The van der Waals surface area contributed by atoms with Crippen LogP contribution in [-0.4, -0.2) is 48.1 Å². The maximum absolute atomic E-state index is 12.5. The number of morpholine rings is 1. The summed E-state index contributed by atoms with van der Waals surface area (Å²) >= 11 is 0. The number of nitriles is 1. The Kier molecular flexibility index (Phi) is 4.67. The van der Waals surface area contributed by atoms with Gasteiger partial charge in [-0.1, -0.05) is 11.8 Å². The third kappa shape index (κ3) is 3.12. The lowest BCUT2D eigenvalue weighted by molar-refractivity contribution is 0.00345. The van der Waals surface area contributed by atoms with Crippen molar-refractivity contribution in [1.82, 2.24) is 9.88 Å². The minimum Gasteiger partial charge on any atom is -0.360 e. The average molecular weight is 270 g/mol. The van der Waals surface area contributed by atoms with Gasteiger partial charge in [0, 0.05) is 18.9 Å². The maximum atomic E-state index is 12.5. The first-order valence-corrected chi connectivity index (χ1v) is 6.19. The van der Waals surface area contributed by atoms with Crippen molar-refractivity contribution >= 4 is 5.91 Å². The minimum atomic E-state index is -0.576. The number of hydrogen-bond donors (Lipinski definition) is 1. The number of hydrogen-bond acceptors (Lipinski definition) is 5. The molecule has 102 valence electrons. The highest BCUT2D eigenvalue weighted by atomic mass is 16.5. The van der Waals surface area contributed by atoms with E-state index in [1.165, 1.54) is 6.20 Å². The maximum Gasteiger partial charge on any atom is 0.255 e. The molecular formula is C14H14N4O2. The predicted octanol–water partition coefficient (Wildman–Crippen LogP) is -0.244. The second-order valence-electron chi connectivity index (χ2n) is 4.17. The summed E-state index contributed by atoms with van der Waals surface area (Å²) < 4.78 is 5.23. The number of amides is 1. The lowest BCUT2D eigenvalue weighted by Gasteiger charge is -2.30. The summed E-state index contributed by atoms with van der Waals surface area (Å²) in [5, 5.41) is 8.87. The highest BCUT2D eigenvalue weighted by Crippen LogP contribution is 2.13. The fourth-order valence-electron chi connectivity index (χ4n) is 1.91. The molecule has 1 saturated heterocycles. The third-order valence-corrected chi connectivity index (χ3v) is 2.87. The smallest absolute Gasteiger partial charge is 0.255 e. The van der Waals surface area contributed by atoms with Gasteiger partial charge < -0.3 is 15.4 Å². The molecule has 1 unspecified atom stereocenters. The molecule has 0 aliphatic carbocycles. The molecule has 1 aliphatic heterocycles. The van der Waals surface area contributed by atoms with Crippen LogP contribution in [0.3, 0.4) is 0 Å². The summed E-state index contributed by atoms with van der Waals surface area (Å²) in [5.74, 6) is 5.38. The van der Waals surface area contributed by atoms with Crippen molar-refractivity contribution in [3.05, 3.63) is 29.6 Å². The van der Waals surface area contributed by atoms with E-state index in [1.807, 2.05) is 6.07 Å². The minimum absolute atomic E-state index is 0.169. The number of aromatic nitrogens is 1. The first-order chi connectivity index (χ1) is 9.76. The topological polar surface area (TPSA) is 92.2 Å². The van der Waals surface area contributed by atoms with Crippen molar-refractivity contribution < 1.29 is 9.53 Å². The Balaban J connectivity index is 2.23. The van der Waals surface area contributed by atoms with E-state index in [9.17, 15) is 4.79 Å². The summed E-state index contributed by atoms with van der Waals surface area (Å²) in [6, 6.07) is 3.64. The average Bonchev–Trinajstić information content (AvgIpc) is 2.52. The Bertz CT molecular complexity index is 597. The van der Waals surface area contributed by atoms with Crippen LogP contribution in [-0.2, 0) is 4.74 Å². The first-order valence-electron chi connectivity index (χ1n) is 6.19. The van der Waals surface area contributed by atoms with Gasteiger partial charge in [0.15, 0.2) is 6.10 Å². The Morgan fingerprint density at radius 3 is 3.25 bits per heavy atom. The number of rotatable bonds is 1. The molecule has 0 bridgehead atoms. The molecule has 2 N–H and O–H groups in total. The molecular weight excluding hydrogens is 256 g/mol. The predicted molar refractivity (Wildman–Crippen MR) is 71.4 cm³/mol. The highest BCUT2D eigenvalue weighted by Gasteiger charge is 2.25. The largest absolute Gasteiger partial charge is 0.360 e. The number of carbonyl (C=O) groups excluding carboxylic acids is 1. The summed E-state index contributed by atoms with van der Waals surface area (Å²) in [7, 11) is 0. The third-order valence-electron chi connectivity index (χ3n) is 2.87. The lowest BCUT2D eigenvalue weighted by Crippen LogP contribution is -2.45. The number of carbonyl (C=O) groups is 1. The van der Waals surface area contributed by atoms with Crippen LogP contribution < -0.4 is 5.73 Å². The molecule has 0 saturated carbocycles. The molecule has 1 aromatic heterocycles. The van der Waals surface area contributed by atoms with Crippen LogP contribution >= 0.6 is 0 Å². The molecule has 0 aromatic carbocycles. The first kappa shape index (κ1) is 14.0. The van der Waals surface area contributed by atoms with Crippen LogP contribution in [0, 0.1) is 23.2 Å². The Labute approximate surface area is 117 Å². The molecule has 1 aliphatic rings. The standard InChI is InChI=1S/C14H14N4O2/c15-4-1-2-11-9-17-5-3-13(11)14(19)18-6-7-20-12(8-16)10-18/h3,5,9,12H,4,6-7,10,15H2. The molecule has 0 spiro atoms. The number of pyridine rings is 1. The zero-order valence-electron chi connectivity index (χ0n) is 10.9. The Hall–Kier alpha value is -2.41. The van der Waals surface area contributed by atoms with Crippen molar-refractivity contribution in [3.8, 4) is 17.9 Å². The van der Waals surface area contributed by atoms with Crippen LogP contribution in [0.5, 0.6) is 0 Å². The molecule has 6 nitrogen and oxygen atoms in total. The molecule has 1 atom stereocenters. The van der Waals surface area contributed by atoms with Crippen LogP contribution in [0.25, 0.3) is 0 Å². The second kappa shape index (κ2) is 6.67. The molecule has 1 amide bonds. The van der Waals surface area contributed by atoms with Crippen LogP contribution in [0.2, 0.25) is 0 Å². The summed E-state index contributed by atoms with van der Waals surface area (Å²) in [5.41, 5.74) is 6.36. The van der Waals surface area contributed by atoms with Gasteiger partial charge in [-0.3, -0.25) is 9.78 Å².